The minimum absolute atomic E-state index is 0.254. The van der Waals surface area contributed by atoms with Crippen LogP contribution in [0.3, 0.4) is 0 Å². The van der Waals surface area contributed by atoms with Crippen LogP contribution in [0.4, 0.5) is 0 Å². The molecule has 0 radical (unpaired) electrons. The van der Waals surface area contributed by atoms with E-state index in [1.165, 1.54) is 57.8 Å². The molecular weight excluding hydrogens is 368 g/mol. The van der Waals surface area contributed by atoms with Gasteiger partial charge in [0.15, 0.2) is 5.79 Å². The third-order valence-corrected chi connectivity index (χ3v) is 12.2. The molecule has 2 heteroatoms. The molecule has 4 aliphatic carbocycles. The highest BCUT2D eigenvalue weighted by Crippen LogP contribution is 2.71. The summed E-state index contributed by atoms with van der Waals surface area (Å²) in [4.78, 5) is 0. The Hall–Kier alpha value is -0.0800. The molecule has 2 aliphatic heterocycles. The first kappa shape index (κ1) is 20.5. The van der Waals surface area contributed by atoms with E-state index in [4.69, 9.17) is 9.47 Å². The molecule has 6 rings (SSSR count). The van der Waals surface area contributed by atoms with Crippen LogP contribution in [0.25, 0.3) is 0 Å². The van der Waals surface area contributed by atoms with E-state index in [0.29, 0.717) is 34.7 Å². The molecule has 30 heavy (non-hydrogen) atoms. The number of ether oxygens (including phenoxy) is 2. The quantitative estimate of drug-likeness (QED) is 0.422. The van der Waals surface area contributed by atoms with Crippen molar-refractivity contribution in [2.75, 3.05) is 6.61 Å². The topological polar surface area (TPSA) is 18.5 Å². The highest BCUT2D eigenvalue weighted by molar-refractivity contribution is 5.15. The van der Waals surface area contributed by atoms with Gasteiger partial charge in [-0.05, 0) is 104 Å². The van der Waals surface area contributed by atoms with Gasteiger partial charge in [-0.2, -0.15) is 0 Å². The van der Waals surface area contributed by atoms with Crippen molar-refractivity contribution in [2.24, 2.45) is 58.2 Å². The van der Waals surface area contributed by atoms with E-state index in [0.717, 1.165) is 42.6 Å². The molecule has 12 atom stereocenters. The van der Waals surface area contributed by atoms with Crippen LogP contribution in [-0.4, -0.2) is 18.5 Å². The smallest absolute Gasteiger partial charge is 0.171 e. The van der Waals surface area contributed by atoms with E-state index >= 15 is 0 Å². The van der Waals surface area contributed by atoms with Gasteiger partial charge in [0.1, 0.15) is 0 Å². The fourth-order valence-electron chi connectivity index (χ4n) is 10.5. The second-order valence-electron chi connectivity index (χ2n) is 13.6. The molecule has 0 bridgehead atoms. The zero-order chi connectivity index (χ0) is 20.9. The molecule has 6 fully saturated rings. The molecule has 2 heterocycles. The lowest BCUT2D eigenvalue weighted by Gasteiger charge is -2.61. The second kappa shape index (κ2) is 6.72. The van der Waals surface area contributed by atoms with E-state index < -0.39 is 0 Å². The molecule has 0 aromatic rings. The van der Waals surface area contributed by atoms with Crippen LogP contribution >= 0.6 is 0 Å². The Balaban J connectivity index is 1.26. The minimum atomic E-state index is -0.254. The summed E-state index contributed by atoms with van der Waals surface area (Å²) in [5, 5.41) is 0. The molecule has 170 valence electrons. The molecular formula is C28H46O2. The lowest BCUT2D eigenvalue weighted by atomic mass is 9.44. The summed E-state index contributed by atoms with van der Waals surface area (Å²) in [5.74, 6) is 6.52. The van der Waals surface area contributed by atoms with E-state index in [2.05, 4.69) is 34.6 Å². The lowest BCUT2D eigenvalue weighted by molar-refractivity contribution is -0.273. The van der Waals surface area contributed by atoms with E-state index in [1.54, 1.807) is 0 Å². The van der Waals surface area contributed by atoms with Crippen molar-refractivity contribution in [2.45, 2.75) is 111 Å². The van der Waals surface area contributed by atoms with Gasteiger partial charge in [0, 0.05) is 12.3 Å². The van der Waals surface area contributed by atoms with Crippen molar-refractivity contribution < 1.29 is 9.47 Å². The van der Waals surface area contributed by atoms with Crippen LogP contribution in [-0.2, 0) is 9.47 Å². The summed E-state index contributed by atoms with van der Waals surface area (Å²) in [5.41, 5.74) is 1.11. The Morgan fingerprint density at radius 1 is 0.733 bits per heavy atom. The van der Waals surface area contributed by atoms with Gasteiger partial charge in [0.25, 0.3) is 0 Å². The monoisotopic (exact) mass is 414 g/mol. The van der Waals surface area contributed by atoms with Gasteiger partial charge in [-0.1, -0.05) is 41.0 Å². The molecule has 6 unspecified atom stereocenters. The van der Waals surface area contributed by atoms with Crippen molar-refractivity contribution in [1.82, 2.24) is 0 Å². The van der Waals surface area contributed by atoms with Crippen LogP contribution in [0, 0.1) is 58.2 Å². The van der Waals surface area contributed by atoms with E-state index in [-0.39, 0.29) is 5.79 Å². The van der Waals surface area contributed by atoms with E-state index in [9.17, 15) is 0 Å². The van der Waals surface area contributed by atoms with Crippen LogP contribution in [0.1, 0.15) is 98.8 Å². The Morgan fingerprint density at radius 3 is 2.27 bits per heavy atom. The van der Waals surface area contributed by atoms with Gasteiger partial charge >= 0.3 is 0 Å². The van der Waals surface area contributed by atoms with Gasteiger partial charge in [-0.3, -0.25) is 0 Å². The molecule has 0 N–H and O–H groups in total. The van der Waals surface area contributed by atoms with Gasteiger partial charge < -0.3 is 9.47 Å². The van der Waals surface area contributed by atoms with Gasteiger partial charge in [0.05, 0.1) is 12.7 Å². The van der Waals surface area contributed by atoms with Crippen molar-refractivity contribution in [3.05, 3.63) is 0 Å². The number of fused-ring (bicyclic) bond motifs is 7. The summed E-state index contributed by atoms with van der Waals surface area (Å²) >= 11 is 0. The fraction of sp³-hybridized carbons (Fsp3) is 1.00. The molecule has 0 aromatic carbocycles. The number of hydrogen-bond acceptors (Lipinski definition) is 2. The van der Waals surface area contributed by atoms with Gasteiger partial charge in [-0.25, -0.2) is 0 Å². The van der Waals surface area contributed by atoms with E-state index in [1.807, 2.05) is 0 Å². The Bertz CT molecular complexity index is 680. The zero-order valence-electron chi connectivity index (χ0n) is 20.3. The largest absolute Gasteiger partial charge is 0.349 e. The molecule has 0 aromatic heterocycles. The normalized spacial score (nSPS) is 62.5. The maximum atomic E-state index is 6.93. The first-order chi connectivity index (χ1) is 14.3. The molecule has 1 spiro atoms. The highest BCUT2D eigenvalue weighted by atomic mass is 16.7. The molecule has 2 nitrogen and oxygen atoms in total. The first-order valence-electron chi connectivity index (χ1n) is 13.6. The molecule has 6 aliphatic rings. The molecule has 4 saturated carbocycles. The van der Waals surface area contributed by atoms with Crippen LogP contribution in [0.2, 0.25) is 0 Å². The predicted octanol–water partition coefficient (Wildman–Crippen LogP) is 7.07. The van der Waals surface area contributed by atoms with Gasteiger partial charge in [-0.15, -0.1) is 0 Å². The molecule has 2 saturated heterocycles. The third kappa shape index (κ3) is 2.62. The predicted molar refractivity (Wildman–Crippen MR) is 121 cm³/mol. The third-order valence-electron chi connectivity index (χ3n) is 12.2. The summed E-state index contributed by atoms with van der Waals surface area (Å²) in [7, 11) is 0. The summed E-state index contributed by atoms with van der Waals surface area (Å²) < 4.78 is 13.4. The van der Waals surface area contributed by atoms with Crippen molar-refractivity contribution in [3.8, 4) is 0 Å². The standard InChI is InChI=1S/C28H46O2/c1-17-8-11-26(4)20(14-17)6-7-21-22(26)10-12-27(5)23(21)15-24-25(27)19(3)28(30-24)13-9-18(2)16-29-28/h17-25H,6-16H2,1-5H3/t17-,18?,19-,20+,21?,22?,23?,24-,25?,26-,27-,28?/m0/s1. The average Bonchev–Trinajstić information content (AvgIpc) is 3.16. The Labute approximate surface area is 185 Å². The lowest BCUT2D eigenvalue weighted by Crippen LogP contribution is -2.54. The Kier molecular flexibility index (Phi) is 4.60. The second-order valence-corrected chi connectivity index (χ2v) is 13.6. The Morgan fingerprint density at radius 2 is 1.50 bits per heavy atom. The van der Waals surface area contributed by atoms with Crippen LogP contribution in [0.15, 0.2) is 0 Å². The van der Waals surface area contributed by atoms with Crippen LogP contribution in [0.5, 0.6) is 0 Å². The van der Waals surface area contributed by atoms with Crippen molar-refractivity contribution in [1.29, 1.82) is 0 Å². The highest BCUT2D eigenvalue weighted by Gasteiger charge is 2.69. The molecule has 0 amide bonds. The first-order valence-corrected chi connectivity index (χ1v) is 13.6. The maximum absolute atomic E-state index is 6.93. The average molecular weight is 415 g/mol. The fourth-order valence-corrected chi connectivity index (χ4v) is 10.5. The van der Waals surface area contributed by atoms with Crippen LogP contribution < -0.4 is 0 Å². The van der Waals surface area contributed by atoms with Crippen molar-refractivity contribution in [3.63, 3.8) is 0 Å². The maximum Gasteiger partial charge on any atom is 0.171 e. The minimum Gasteiger partial charge on any atom is -0.349 e. The van der Waals surface area contributed by atoms with Gasteiger partial charge in [0.2, 0.25) is 0 Å². The zero-order valence-corrected chi connectivity index (χ0v) is 20.3. The summed E-state index contributed by atoms with van der Waals surface area (Å²) in [6, 6.07) is 0. The number of hydrogen-bond donors (Lipinski definition) is 0. The number of rotatable bonds is 0. The SMILES string of the molecule is CC1CCC2(OC1)O[C@H]1CC3C4CC[C@@H]5C[C@@H](C)CC[C@]5(C)C4CC[C@]3(C)C1[C@@H]2C. The summed E-state index contributed by atoms with van der Waals surface area (Å²) in [6.45, 7) is 13.6. The summed E-state index contributed by atoms with van der Waals surface area (Å²) in [6.07, 6.45) is 14.6. The van der Waals surface area contributed by atoms with Crippen molar-refractivity contribution >= 4 is 0 Å².